The maximum Gasteiger partial charge on any atom is 0.331 e. The Morgan fingerprint density at radius 3 is 2.86 bits per heavy atom. The molecule has 1 N–H and O–H groups in total. The highest BCUT2D eigenvalue weighted by Gasteiger charge is 2.09. The summed E-state index contributed by atoms with van der Waals surface area (Å²) in [5, 5.41) is 2.48. The van der Waals surface area contributed by atoms with E-state index in [0.717, 1.165) is 12.1 Å². The van der Waals surface area contributed by atoms with Crippen molar-refractivity contribution in [3.63, 3.8) is 0 Å². The van der Waals surface area contributed by atoms with Gasteiger partial charge in [0.15, 0.2) is 6.61 Å². The average Bonchev–Trinajstić information content (AvgIpc) is 2.99. The summed E-state index contributed by atoms with van der Waals surface area (Å²) in [5.41, 5.74) is -0.0448. The van der Waals surface area contributed by atoms with E-state index in [1.54, 1.807) is 12.1 Å². The lowest BCUT2D eigenvalue weighted by molar-refractivity contribution is -0.142. The van der Waals surface area contributed by atoms with Gasteiger partial charge in [-0.15, -0.1) is 0 Å². The van der Waals surface area contributed by atoms with Crippen molar-refractivity contribution in [2.45, 2.75) is 0 Å². The smallest absolute Gasteiger partial charge is 0.331 e. The molecule has 0 saturated heterocycles. The number of benzene rings is 1. The lowest BCUT2D eigenvalue weighted by Crippen LogP contribution is -2.20. The summed E-state index contributed by atoms with van der Waals surface area (Å²) >= 11 is 5.60. The Bertz CT molecular complexity index is 698. The number of nitrogens with one attached hydrogen (secondary N) is 1. The van der Waals surface area contributed by atoms with Gasteiger partial charge in [-0.25, -0.2) is 9.18 Å². The number of carbonyl (C=O) groups excluding carboxylic acids is 2. The van der Waals surface area contributed by atoms with Crippen LogP contribution in [0.4, 0.5) is 10.1 Å². The van der Waals surface area contributed by atoms with Crippen LogP contribution < -0.4 is 5.32 Å². The monoisotopic (exact) mass is 323 g/mol. The topological polar surface area (TPSA) is 68.5 Å². The molecule has 2 rings (SSSR count). The number of esters is 1. The van der Waals surface area contributed by atoms with E-state index in [9.17, 15) is 14.0 Å². The van der Waals surface area contributed by atoms with Crippen LogP contribution in [-0.2, 0) is 14.3 Å². The zero-order valence-electron chi connectivity index (χ0n) is 11.2. The van der Waals surface area contributed by atoms with Crippen LogP contribution in [0.1, 0.15) is 5.76 Å². The summed E-state index contributed by atoms with van der Waals surface area (Å²) in [6.45, 7) is -0.538. The van der Waals surface area contributed by atoms with Gasteiger partial charge in [0.25, 0.3) is 5.91 Å². The maximum atomic E-state index is 13.5. The number of carbonyl (C=O) groups is 2. The van der Waals surface area contributed by atoms with Crippen molar-refractivity contribution in [1.29, 1.82) is 0 Å². The number of halogens is 2. The van der Waals surface area contributed by atoms with E-state index in [2.05, 4.69) is 5.32 Å². The van der Waals surface area contributed by atoms with E-state index >= 15 is 0 Å². The van der Waals surface area contributed by atoms with E-state index in [1.807, 2.05) is 0 Å². The predicted molar refractivity (Wildman–Crippen MR) is 78.7 cm³/mol. The number of anilines is 1. The van der Waals surface area contributed by atoms with Crippen molar-refractivity contribution < 1.29 is 23.1 Å². The zero-order valence-corrected chi connectivity index (χ0v) is 12.0. The first-order valence-electron chi connectivity index (χ1n) is 6.18. The number of rotatable bonds is 5. The Labute approximate surface area is 130 Å². The lowest BCUT2D eigenvalue weighted by Gasteiger charge is -2.06. The second-order valence-electron chi connectivity index (χ2n) is 4.13. The van der Waals surface area contributed by atoms with Crippen molar-refractivity contribution in [3.05, 3.63) is 59.3 Å². The normalized spacial score (nSPS) is 10.6. The predicted octanol–water partition coefficient (Wildman–Crippen LogP) is 3.27. The summed E-state index contributed by atoms with van der Waals surface area (Å²) in [7, 11) is 0. The molecule has 0 bridgehead atoms. The Morgan fingerprint density at radius 1 is 1.36 bits per heavy atom. The van der Waals surface area contributed by atoms with Gasteiger partial charge in [-0.05, 0) is 36.4 Å². The molecule has 1 amide bonds. The molecule has 0 aliphatic rings. The number of ether oxygens (including phenoxy) is 1. The molecular weight excluding hydrogens is 313 g/mol. The fourth-order valence-corrected chi connectivity index (χ4v) is 1.66. The molecular formula is C15H11ClFNO4. The molecule has 0 aliphatic heterocycles. The van der Waals surface area contributed by atoms with Gasteiger partial charge in [0.05, 0.1) is 12.0 Å². The SMILES string of the molecule is O=C(COC(=O)C=Cc1ccco1)Nc1ccc(Cl)cc1F. The highest BCUT2D eigenvalue weighted by atomic mass is 35.5. The summed E-state index contributed by atoms with van der Waals surface area (Å²) in [4.78, 5) is 22.9. The van der Waals surface area contributed by atoms with Crippen LogP contribution in [0.5, 0.6) is 0 Å². The van der Waals surface area contributed by atoms with Gasteiger partial charge < -0.3 is 14.5 Å². The van der Waals surface area contributed by atoms with Gasteiger partial charge in [0, 0.05) is 11.1 Å². The van der Waals surface area contributed by atoms with E-state index in [4.69, 9.17) is 20.8 Å². The van der Waals surface area contributed by atoms with Crippen LogP contribution in [0.25, 0.3) is 6.08 Å². The molecule has 1 aromatic heterocycles. The van der Waals surface area contributed by atoms with Crippen molar-refractivity contribution in [2.75, 3.05) is 11.9 Å². The summed E-state index contributed by atoms with van der Waals surface area (Å²) in [5.74, 6) is -1.58. The molecule has 0 aliphatic carbocycles. The number of hydrogen-bond acceptors (Lipinski definition) is 4. The van der Waals surface area contributed by atoms with E-state index in [1.165, 1.54) is 24.5 Å². The summed E-state index contributed by atoms with van der Waals surface area (Å²) < 4.78 is 23.2. The third-order valence-electron chi connectivity index (χ3n) is 2.48. The van der Waals surface area contributed by atoms with Crippen molar-refractivity contribution in [2.24, 2.45) is 0 Å². The number of hydrogen-bond donors (Lipinski definition) is 1. The Hall–Kier alpha value is -2.60. The third kappa shape index (κ3) is 4.75. The highest BCUT2D eigenvalue weighted by Crippen LogP contribution is 2.18. The largest absolute Gasteiger partial charge is 0.465 e. The van der Waals surface area contributed by atoms with Crippen molar-refractivity contribution >= 4 is 35.2 Å². The van der Waals surface area contributed by atoms with Gasteiger partial charge in [0.2, 0.25) is 0 Å². The van der Waals surface area contributed by atoms with E-state index in [0.29, 0.717) is 5.76 Å². The molecule has 0 atom stereocenters. The maximum absolute atomic E-state index is 13.5. The molecule has 0 spiro atoms. The van der Waals surface area contributed by atoms with Crippen LogP contribution in [0.15, 0.2) is 47.1 Å². The molecule has 22 heavy (non-hydrogen) atoms. The van der Waals surface area contributed by atoms with Crippen LogP contribution in [0.2, 0.25) is 5.02 Å². The van der Waals surface area contributed by atoms with Crippen LogP contribution in [0, 0.1) is 5.82 Å². The first-order chi connectivity index (χ1) is 10.5. The summed E-state index contributed by atoms with van der Waals surface area (Å²) in [6, 6.07) is 7.13. The van der Waals surface area contributed by atoms with Crippen LogP contribution in [0.3, 0.4) is 0 Å². The highest BCUT2D eigenvalue weighted by molar-refractivity contribution is 6.30. The van der Waals surface area contributed by atoms with E-state index < -0.39 is 24.3 Å². The third-order valence-corrected chi connectivity index (χ3v) is 2.71. The molecule has 5 nitrogen and oxygen atoms in total. The van der Waals surface area contributed by atoms with Gasteiger partial charge in [-0.3, -0.25) is 4.79 Å². The minimum Gasteiger partial charge on any atom is -0.465 e. The van der Waals surface area contributed by atoms with Crippen LogP contribution in [-0.4, -0.2) is 18.5 Å². The van der Waals surface area contributed by atoms with Gasteiger partial charge in [0.1, 0.15) is 11.6 Å². The standard InChI is InChI=1S/C15H11ClFNO4/c16-10-3-5-13(12(17)8-10)18-14(19)9-22-15(20)6-4-11-2-1-7-21-11/h1-8H,9H2,(H,18,19). The molecule has 2 aromatic rings. The molecule has 0 unspecified atom stereocenters. The second kappa shape index (κ2) is 7.42. The van der Waals surface area contributed by atoms with Gasteiger partial charge >= 0.3 is 5.97 Å². The lowest BCUT2D eigenvalue weighted by atomic mass is 10.3. The fourth-order valence-electron chi connectivity index (χ4n) is 1.50. The molecule has 0 fully saturated rings. The fraction of sp³-hybridized carbons (Fsp3) is 0.0667. The van der Waals surface area contributed by atoms with Crippen LogP contribution >= 0.6 is 11.6 Å². The second-order valence-corrected chi connectivity index (χ2v) is 4.57. The molecule has 114 valence electrons. The minimum absolute atomic E-state index is 0.0448. The van der Waals surface area contributed by atoms with Crippen molar-refractivity contribution in [3.8, 4) is 0 Å². The zero-order chi connectivity index (χ0) is 15.9. The Balaban J connectivity index is 1.81. The first-order valence-corrected chi connectivity index (χ1v) is 6.55. The summed E-state index contributed by atoms with van der Waals surface area (Å²) in [6.07, 6.45) is 3.98. The Kier molecular flexibility index (Phi) is 5.32. The van der Waals surface area contributed by atoms with E-state index in [-0.39, 0.29) is 10.7 Å². The minimum atomic E-state index is -0.719. The van der Waals surface area contributed by atoms with Gasteiger partial charge in [-0.2, -0.15) is 0 Å². The molecule has 0 radical (unpaired) electrons. The van der Waals surface area contributed by atoms with Gasteiger partial charge in [-0.1, -0.05) is 11.6 Å². The number of amides is 1. The quantitative estimate of drug-likeness (QED) is 0.677. The molecule has 7 heteroatoms. The first kappa shape index (κ1) is 15.8. The Morgan fingerprint density at radius 2 is 2.18 bits per heavy atom. The van der Waals surface area contributed by atoms with Crippen molar-refractivity contribution in [1.82, 2.24) is 0 Å². The average molecular weight is 324 g/mol. The molecule has 1 aromatic carbocycles. The molecule has 0 saturated carbocycles. The molecule has 1 heterocycles. The number of furan rings is 1.